The second-order valence-corrected chi connectivity index (χ2v) is 9.51. The number of aryl methyl sites for hydroxylation is 1. The third kappa shape index (κ3) is 7.74. The number of halogens is 2. The van der Waals surface area contributed by atoms with Crippen LogP contribution in [0.25, 0.3) is 0 Å². The van der Waals surface area contributed by atoms with Gasteiger partial charge in [0.25, 0.3) is 5.91 Å². The summed E-state index contributed by atoms with van der Waals surface area (Å²) in [6, 6.07) is 21.3. The third-order valence-corrected chi connectivity index (χ3v) is 6.18. The lowest BCUT2D eigenvalue weighted by molar-refractivity contribution is -0.143. The molecule has 0 aliphatic heterocycles. The minimum absolute atomic E-state index is 0.0671. The first-order valence-electron chi connectivity index (χ1n) is 11.5. The number of amides is 2. The minimum Gasteiger partial charge on any atom is -0.484 e. The molecule has 35 heavy (non-hydrogen) atoms. The maximum atomic E-state index is 13.6. The van der Waals surface area contributed by atoms with E-state index in [1.165, 1.54) is 4.90 Å². The van der Waals surface area contributed by atoms with E-state index in [-0.39, 0.29) is 31.0 Å². The van der Waals surface area contributed by atoms with Gasteiger partial charge in [0.15, 0.2) is 6.61 Å². The van der Waals surface area contributed by atoms with Crippen LogP contribution in [0.4, 0.5) is 0 Å². The number of carbonyl (C=O) groups is 2. The van der Waals surface area contributed by atoms with Crippen LogP contribution in [0.15, 0.2) is 72.8 Å². The molecule has 1 atom stereocenters. The number of benzene rings is 3. The van der Waals surface area contributed by atoms with Crippen LogP contribution in [0, 0.1) is 6.92 Å². The largest absolute Gasteiger partial charge is 0.484 e. The van der Waals surface area contributed by atoms with Crippen molar-refractivity contribution in [3.63, 3.8) is 0 Å². The number of carbonyl (C=O) groups excluding carboxylic acids is 2. The summed E-state index contributed by atoms with van der Waals surface area (Å²) < 4.78 is 5.77. The van der Waals surface area contributed by atoms with Gasteiger partial charge < -0.3 is 15.0 Å². The number of hydrogen-bond acceptors (Lipinski definition) is 3. The van der Waals surface area contributed by atoms with Crippen molar-refractivity contribution in [3.05, 3.63) is 99.5 Å². The van der Waals surface area contributed by atoms with Gasteiger partial charge in [0.1, 0.15) is 11.8 Å². The monoisotopic (exact) mass is 512 g/mol. The van der Waals surface area contributed by atoms with Crippen molar-refractivity contribution in [1.29, 1.82) is 0 Å². The molecule has 0 heterocycles. The average molecular weight is 513 g/mol. The molecule has 0 bridgehead atoms. The zero-order valence-electron chi connectivity index (χ0n) is 20.1. The van der Waals surface area contributed by atoms with Crippen LogP contribution in [0.2, 0.25) is 10.0 Å². The first-order chi connectivity index (χ1) is 16.7. The molecule has 0 spiro atoms. The fourth-order valence-electron chi connectivity index (χ4n) is 3.65. The topological polar surface area (TPSA) is 58.6 Å². The van der Waals surface area contributed by atoms with E-state index in [2.05, 4.69) is 5.32 Å². The molecule has 5 nitrogen and oxygen atoms in total. The molecule has 0 aliphatic rings. The minimum atomic E-state index is -0.791. The van der Waals surface area contributed by atoms with E-state index in [9.17, 15) is 9.59 Å². The summed E-state index contributed by atoms with van der Waals surface area (Å²) in [5.74, 6) is -0.0250. The van der Waals surface area contributed by atoms with E-state index in [4.69, 9.17) is 27.9 Å². The normalized spacial score (nSPS) is 11.7. The third-order valence-electron chi connectivity index (χ3n) is 5.48. The van der Waals surface area contributed by atoms with Crippen LogP contribution in [-0.4, -0.2) is 35.4 Å². The van der Waals surface area contributed by atoms with E-state index >= 15 is 0 Å². The molecule has 2 amide bonds. The Bertz CT molecular complexity index is 1110. The van der Waals surface area contributed by atoms with Gasteiger partial charge in [0.05, 0.1) is 0 Å². The summed E-state index contributed by atoms with van der Waals surface area (Å²) in [5.41, 5.74) is 2.60. The molecule has 0 saturated heterocycles. The Morgan fingerprint density at radius 1 is 0.914 bits per heavy atom. The average Bonchev–Trinajstić information content (AvgIpc) is 2.82. The molecular formula is C28H30Cl2N2O3. The van der Waals surface area contributed by atoms with Crippen LogP contribution < -0.4 is 10.1 Å². The maximum absolute atomic E-state index is 13.6. The zero-order valence-corrected chi connectivity index (χ0v) is 21.6. The van der Waals surface area contributed by atoms with Crippen LogP contribution in [-0.2, 0) is 22.6 Å². The molecule has 3 aromatic carbocycles. The zero-order chi connectivity index (χ0) is 25.4. The maximum Gasteiger partial charge on any atom is 0.261 e. The highest BCUT2D eigenvalue weighted by atomic mass is 35.5. The van der Waals surface area contributed by atoms with E-state index in [1.54, 1.807) is 18.2 Å². The van der Waals surface area contributed by atoms with Crippen LogP contribution >= 0.6 is 23.2 Å². The molecule has 0 radical (unpaired) electrons. The lowest BCUT2D eigenvalue weighted by Gasteiger charge is -2.32. The fourth-order valence-corrected chi connectivity index (χ4v) is 4.17. The van der Waals surface area contributed by atoms with Gasteiger partial charge in [-0.15, -0.1) is 0 Å². The molecule has 1 N–H and O–H groups in total. The molecule has 0 saturated carbocycles. The van der Waals surface area contributed by atoms with Crippen LogP contribution in [0.5, 0.6) is 5.75 Å². The van der Waals surface area contributed by atoms with Crippen LogP contribution in [0.3, 0.4) is 0 Å². The van der Waals surface area contributed by atoms with Crippen molar-refractivity contribution in [2.45, 2.75) is 45.8 Å². The first-order valence-corrected chi connectivity index (χ1v) is 12.3. The van der Waals surface area contributed by atoms with Crippen LogP contribution in [0.1, 0.15) is 30.5 Å². The second kappa shape index (κ2) is 12.6. The quantitative estimate of drug-likeness (QED) is 0.370. The molecule has 0 aromatic heterocycles. The number of nitrogens with zero attached hydrogens (tertiary/aromatic N) is 1. The molecule has 1 unspecified atom stereocenters. The predicted octanol–water partition coefficient (Wildman–Crippen LogP) is 5.85. The summed E-state index contributed by atoms with van der Waals surface area (Å²) in [4.78, 5) is 28.4. The van der Waals surface area contributed by atoms with Gasteiger partial charge in [0.2, 0.25) is 5.91 Å². The van der Waals surface area contributed by atoms with Gasteiger partial charge in [-0.25, -0.2) is 0 Å². The lowest BCUT2D eigenvalue weighted by atomic mass is 10.0. The summed E-state index contributed by atoms with van der Waals surface area (Å²) in [7, 11) is 0. The Morgan fingerprint density at radius 2 is 1.54 bits per heavy atom. The molecule has 184 valence electrons. The van der Waals surface area contributed by atoms with Gasteiger partial charge in [-0.1, -0.05) is 77.3 Å². The SMILES string of the molecule is Cc1ccc(OCC(=O)N(Cc2c(Cl)cccc2Cl)C(Cc2ccccc2)C(=O)NC(C)C)cc1. The smallest absolute Gasteiger partial charge is 0.261 e. The molecular weight excluding hydrogens is 483 g/mol. The standard InChI is InChI=1S/C28H30Cl2N2O3/c1-19(2)31-28(34)26(16-21-8-5-4-6-9-21)32(17-23-24(29)10-7-11-25(23)30)27(33)18-35-22-14-12-20(3)13-15-22/h4-15,19,26H,16-18H2,1-3H3,(H,31,34). The van der Waals surface area contributed by atoms with Crippen molar-refractivity contribution in [2.24, 2.45) is 0 Å². The summed E-state index contributed by atoms with van der Waals surface area (Å²) in [5, 5.41) is 3.81. The van der Waals surface area contributed by atoms with E-state index in [0.717, 1.165) is 11.1 Å². The molecule has 7 heteroatoms. The van der Waals surface area contributed by atoms with E-state index < -0.39 is 6.04 Å². The molecule has 0 aliphatic carbocycles. The summed E-state index contributed by atoms with van der Waals surface area (Å²) in [6.45, 7) is 5.58. The van der Waals surface area contributed by atoms with Gasteiger partial charge in [-0.05, 0) is 50.6 Å². The van der Waals surface area contributed by atoms with Gasteiger partial charge in [0, 0.05) is 34.6 Å². The van der Waals surface area contributed by atoms with Crippen molar-refractivity contribution in [2.75, 3.05) is 6.61 Å². The Hall–Kier alpha value is -3.02. The van der Waals surface area contributed by atoms with Crippen molar-refractivity contribution in [1.82, 2.24) is 10.2 Å². The Balaban J connectivity index is 1.95. The lowest BCUT2D eigenvalue weighted by Crippen LogP contribution is -2.52. The second-order valence-electron chi connectivity index (χ2n) is 8.69. The Kier molecular flexibility index (Phi) is 9.58. The predicted molar refractivity (Wildman–Crippen MR) is 141 cm³/mol. The van der Waals surface area contributed by atoms with Crippen molar-refractivity contribution in [3.8, 4) is 5.75 Å². The number of hydrogen-bond donors (Lipinski definition) is 1. The number of nitrogens with one attached hydrogen (secondary N) is 1. The number of ether oxygens (including phenoxy) is 1. The highest BCUT2D eigenvalue weighted by molar-refractivity contribution is 6.36. The Labute approximate surface area is 217 Å². The van der Waals surface area contributed by atoms with E-state index in [0.29, 0.717) is 27.8 Å². The molecule has 3 aromatic rings. The highest BCUT2D eigenvalue weighted by Crippen LogP contribution is 2.27. The van der Waals surface area contributed by atoms with Gasteiger partial charge >= 0.3 is 0 Å². The summed E-state index contributed by atoms with van der Waals surface area (Å²) in [6.07, 6.45) is 0.331. The van der Waals surface area contributed by atoms with E-state index in [1.807, 2.05) is 75.4 Å². The molecule has 3 rings (SSSR count). The first kappa shape index (κ1) is 26.6. The number of rotatable bonds is 10. The van der Waals surface area contributed by atoms with Gasteiger partial charge in [-0.3, -0.25) is 9.59 Å². The molecule has 0 fully saturated rings. The highest BCUT2D eigenvalue weighted by Gasteiger charge is 2.32. The summed E-state index contributed by atoms with van der Waals surface area (Å²) >= 11 is 12.9. The fraction of sp³-hybridized carbons (Fsp3) is 0.286. The van der Waals surface area contributed by atoms with Crippen molar-refractivity contribution < 1.29 is 14.3 Å². The Morgan fingerprint density at radius 3 is 2.14 bits per heavy atom. The van der Waals surface area contributed by atoms with Gasteiger partial charge in [-0.2, -0.15) is 0 Å². The van der Waals surface area contributed by atoms with Crippen molar-refractivity contribution >= 4 is 35.0 Å².